The highest BCUT2D eigenvalue weighted by atomic mass is 16.4. The van der Waals surface area contributed by atoms with Crippen LogP contribution in [0.5, 0.6) is 0 Å². The quantitative estimate of drug-likeness (QED) is 0.816. The van der Waals surface area contributed by atoms with E-state index >= 15 is 0 Å². The number of carbonyl (C=O) groups excluding carboxylic acids is 2. The van der Waals surface area contributed by atoms with E-state index in [1.807, 2.05) is 0 Å². The highest BCUT2D eigenvalue weighted by molar-refractivity contribution is 5.89. The number of rotatable bonds is 6. The third-order valence-electron chi connectivity index (χ3n) is 5.38. The van der Waals surface area contributed by atoms with Crippen LogP contribution in [0.3, 0.4) is 0 Å². The second-order valence-corrected chi connectivity index (χ2v) is 7.12. The Hall–Kier alpha value is -2.31. The van der Waals surface area contributed by atoms with Crippen molar-refractivity contribution < 1.29 is 23.9 Å². The average molecular weight is 348 g/mol. The Balaban J connectivity index is 1.54. The molecule has 2 aliphatic rings. The lowest BCUT2D eigenvalue weighted by molar-refractivity contribution is -0.151. The Kier molecular flexibility index (Phi) is 5.11. The van der Waals surface area contributed by atoms with Gasteiger partial charge in [0.15, 0.2) is 0 Å². The fourth-order valence-corrected chi connectivity index (χ4v) is 3.79. The van der Waals surface area contributed by atoms with Crippen LogP contribution in [0.2, 0.25) is 0 Å². The number of nitrogens with one attached hydrogen (secondary N) is 1. The molecular weight excluding hydrogens is 324 g/mol. The topological polar surface area (TPSA) is 99.8 Å². The van der Waals surface area contributed by atoms with E-state index in [4.69, 9.17) is 4.42 Å². The Labute approximate surface area is 146 Å². The van der Waals surface area contributed by atoms with Crippen LogP contribution in [0.4, 0.5) is 0 Å². The number of likely N-dealkylation sites (tertiary alicyclic amines) is 1. The lowest BCUT2D eigenvalue weighted by Crippen LogP contribution is -2.46. The third kappa shape index (κ3) is 3.86. The van der Waals surface area contributed by atoms with E-state index in [0.29, 0.717) is 31.7 Å². The normalized spacial score (nSPS) is 22.8. The van der Waals surface area contributed by atoms with Gasteiger partial charge in [-0.05, 0) is 25.0 Å². The molecule has 1 aromatic heterocycles. The van der Waals surface area contributed by atoms with Gasteiger partial charge in [0.05, 0.1) is 24.1 Å². The third-order valence-corrected chi connectivity index (χ3v) is 5.38. The fourth-order valence-electron chi connectivity index (χ4n) is 3.79. The molecule has 0 bridgehead atoms. The van der Waals surface area contributed by atoms with Crippen molar-refractivity contribution in [2.75, 3.05) is 13.1 Å². The number of aliphatic carboxylic acids is 1. The summed E-state index contributed by atoms with van der Waals surface area (Å²) in [7, 11) is 0. The standard InChI is InChI=1S/C18H24N2O5/c21-15-9-13(10-20(15)11-14-5-4-8-25-14)16(22)19-12-18(17(23)24)6-2-1-3-7-18/h4-5,8,13H,1-3,6-7,9-12H2,(H,19,22)(H,23,24). The van der Waals surface area contributed by atoms with Crippen molar-refractivity contribution in [1.82, 2.24) is 10.2 Å². The van der Waals surface area contributed by atoms with Crippen molar-refractivity contribution in [1.29, 1.82) is 0 Å². The van der Waals surface area contributed by atoms with Crippen molar-refractivity contribution in [2.24, 2.45) is 11.3 Å². The smallest absolute Gasteiger partial charge is 0.311 e. The van der Waals surface area contributed by atoms with Crippen LogP contribution < -0.4 is 5.32 Å². The first kappa shape index (κ1) is 17.5. The minimum Gasteiger partial charge on any atom is -0.481 e. The molecule has 1 atom stereocenters. The van der Waals surface area contributed by atoms with Crippen LogP contribution in [0.15, 0.2) is 22.8 Å². The van der Waals surface area contributed by atoms with Gasteiger partial charge in [0.25, 0.3) is 0 Å². The molecule has 1 aromatic rings. The number of carboxylic acids is 1. The number of hydrogen-bond acceptors (Lipinski definition) is 4. The maximum atomic E-state index is 12.4. The molecule has 3 rings (SSSR count). The number of furan rings is 1. The maximum absolute atomic E-state index is 12.4. The zero-order valence-electron chi connectivity index (χ0n) is 14.2. The van der Waals surface area contributed by atoms with E-state index in [1.165, 1.54) is 0 Å². The van der Waals surface area contributed by atoms with Crippen molar-refractivity contribution in [3.8, 4) is 0 Å². The minimum absolute atomic E-state index is 0.0813. The SMILES string of the molecule is O=C(NCC1(C(=O)O)CCCCC1)C1CC(=O)N(Cc2ccco2)C1. The summed E-state index contributed by atoms with van der Waals surface area (Å²) in [6, 6.07) is 3.55. The van der Waals surface area contributed by atoms with Crippen LogP contribution in [0.1, 0.15) is 44.3 Å². The van der Waals surface area contributed by atoms with Crippen LogP contribution in [0, 0.1) is 11.3 Å². The van der Waals surface area contributed by atoms with Gasteiger partial charge in [-0.25, -0.2) is 0 Å². The van der Waals surface area contributed by atoms with E-state index in [2.05, 4.69) is 5.32 Å². The van der Waals surface area contributed by atoms with Gasteiger partial charge in [-0.1, -0.05) is 19.3 Å². The molecule has 2 fully saturated rings. The van der Waals surface area contributed by atoms with E-state index in [-0.39, 0.29) is 24.8 Å². The van der Waals surface area contributed by atoms with Crippen LogP contribution >= 0.6 is 0 Å². The fraction of sp³-hybridized carbons (Fsp3) is 0.611. The summed E-state index contributed by atoms with van der Waals surface area (Å²) < 4.78 is 5.25. The molecule has 1 saturated heterocycles. The van der Waals surface area contributed by atoms with Crippen molar-refractivity contribution >= 4 is 17.8 Å². The van der Waals surface area contributed by atoms with E-state index < -0.39 is 17.3 Å². The largest absolute Gasteiger partial charge is 0.481 e. The van der Waals surface area contributed by atoms with Crippen LogP contribution in [0.25, 0.3) is 0 Å². The van der Waals surface area contributed by atoms with Gasteiger partial charge in [-0.15, -0.1) is 0 Å². The summed E-state index contributed by atoms with van der Waals surface area (Å²) in [4.78, 5) is 37.8. The second-order valence-electron chi connectivity index (χ2n) is 7.12. The molecule has 2 N–H and O–H groups in total. The first-order valence-electron chi connectivity index (χ1n) is 8.81. The van der Waals surface area contributed by atoms with E-state index in [1.54, 1.807) is 23.3 Å². The first-order valence-corrected chi connectivity index (χ1v) is 8.81. The monoisotopic (exact) mass is 348 g/mol. The summed E-state index contributed by atoms with van der Waals surface area (Å²) in [5.74, 6) is -0.906. The summed E-state index contributed by atoms with van der Waals surface area (Å²) >= 11 is 0. The van der Waals surface area contributed by atoms with Crippen molar-refractivity contribution in [3.05, 3.63) is 24.2 Å². The van der Waals surface area contributed by atoms with Gasteiger partial charge in [0.1, 0.15) is 5.76 Å². The molecule has 7 heteroatoms. The molecule has 1 saturated carbocycles. The lowest BCUT2D eigenvalue weighted by atomic mass is 9.74. The number of carboxylic acid groups (broad SMARTS) is 1. The first-order chi connectivity index (χ1) is 12.0. The highest BCUT2D eigenvalue weighted by Crippen LogP contribution is 2.36. The molecular formula is C18H24N2O5. The van der Waals surface area contributed by atoms with Gasteiger partial charge < -0.3 is 19.7 Å². The molecule has 1 unspecified atom stereocenters. The van der Waals surface area contributed by atoms with Gasteiger partial charge in [0, 0.05) is 19.5 Å². The zero-order valence-corrected chi connectivity index (χ0v) is 14.2. The van der Waals surface area contributed by atoms with E-state index in [9.17, 15) is 19.5 Å². The van der Waals surface area contributed by atoms with Gasteiger partial charge in [0.2, 0.25) is 11.8 Å². The molecule has 7 nitrogen and oxygen atoms in total. The lowest BCUT2D eigenvalue weighted by Gasteiger charge is -2.33. The van der Waals surface area contributed by atoms with Crippen LogP contribution in [-0.2, 0) is 20.9 Å². The number of hydrogen-bond donors (Lipinski definition) is 2. The number of amides is 2. The zero-order chi connectivity index (χ0) is 17.9. The molecule has 25 heavy (non-hydrogen) atoms. The minimum atomic E-state index is -0.857. The molecule has 0 radical (unpaired) electrons. The molecule has 136 valence electrons. The maximum Gasteiger partial charge on any atom is 0.311 e. The molecule has 1 aliphatic carbocycles. The van der Waals surface area contributed by atoms with Gasteiger partial charge >= 0.3 is 5.97 Å². The second kappa shape index (κ2) is 7.29. The van der Waals surface area contributed by atoms with Crippen molar-refractivity contribution in [2.45, 2.75) is 45.1 Å². The Bertz CT molecular complexity index is 634. The average Bonchev–Trinajstić information content (AvgIpc) is 3.24. The van der Waals surface area contributed by atoms with Crippen LogP contribution in [-0.4, -0.2) is 40.9 Å². The number of nitrogens with zero attached hydrogens (tertiary/aromatic N) is 1. The van der Waals surface area contributed by atoms with Crippen molar-refractivity contribution in [3.63, 3.8) is 0 Å². The summed E-state index contributed by atoms with van der Waals surface area (Å²) in [6.45, 7) is 0.837. The van der Waals surface area contributed by atoms with Gasteiger partial charge in [-0.2, -0.15) is 0 Å². The molecule has 2 amide bonds. The molecule has 1 aliphatic heterocycles. The number of carbonyl (C=O) groups is 3. The summed E-state index contributed by atoms with van der Waals surface area (Å²) in [5.41, 5.74) is -0.857. The molecule has 0 spiro atoms. The summed E-state index contributed by atoms with van der Waals surface area (Å²) in [5, 5.41) is 12.4. The van der Waals surface area contributed by atoms with E-state index in [0.717, 1.165) is 19.3 Å². The predicted molar refractivity (Wildman–Crippen MR) is 88.4 cm³/mol. The summed E-state index contributed by atoms with van der Waals surface area (Å²) in [6.07, 6.45) is 5.69. The Morgan fingerprint density at radius 2 is 2.08 bits per heavy atom. The Morgan fingerprint density at radius 1 is 1.32 bits per heavy atom. The van der Waals surface area contributed by atoms with Gasteiger partial charge in [-0.3, -0.25) is 14.4 Å². The predicted octanol–water partition coefficient (Wildman–Crippen LogP) is 1.78. The molecule has 2 heterocycles. The molecule has 0 aromatic carbocycles. The Morgan fingerprint density at radius 3 is 2.72 bits per heavy atom. The highest BCUT2D eigenvalue weighted by Gasteiger charge is 2.41.